The fraction of sp³-hybridized carbons (Fsp3) is 0.833. The summed E-state index contributed by atoms with van der Waals surface area (Å²) in [6, 6.07) is 0. The van der Waals surface area contributed by atoms with E-state index in [4.69, 9.17) is 4.74 Å². The van der Waals surface area contributed by atoms with Crippen LogP contribution in [0.5, 0.6) is 0 Å². The molecular formula is C12H23NO2. The molecule has 15 heavy (non-hydrogen) atoms. The highest BCUT2D eigenvalue weighted by atomic mass is 16.5. The summed E-state index contributed by atoms with van der Waals surface area (Å²) in [4.78, 5) is 0. The van der Waals surface area contributed by atoms with Crippen LogP contribution in [0.15, 0.2) is 11.6 Å². The van der Waals surface area contributed by atoms with Crippen molar-refractivity contribution in [3.8, 4) is 0 Å². The lowest BCUT2D eigenvalue weighted by molar-refractivity contribution is 0.0430. The molecular weight excluding hydrogens is 190 g/mol. The highest BCUT2D eigenvalue weighted by Gasteiger charge is 2.05. The molecule has 3 heteroatoms. The Bertz CT molecular complexity index is 192. The van der Waals surface area contributed by atoms with Gasteiger partial charge in [-0.2, -0.15) is 0 Å². The van der Waals surface area contributed by atoms with Gasteiger partial charge in [-0.1, -0.05) is 11.6 Å². The first-order valence-electron chi connectivity index (χ1n) is 5.97. The molecule has 1 rings (SSSR count). The van der Waals surface area contributed by atoms with Crippen LogP contribution in [-0.2, 0) is 4.74 Å². The monoisotopic (exact) mass is 213 g/mol. The zero-order valence-electron chi connectivity index (χ0n) is 9.67. The molecule has 3 nitrogen and oxygen atoms in total. The fourth-order valence-corrected chi connectivity index (χ4v) is 1.79. The van der Waals surface area contributed by atoms with Gasteiger partial charge in [0.2, 0.25) is 0 Å². The lowest BCUT2D eigenvalue weighted by Gasteiger charge is -2.11. The number of nitrogens with one attached hydrogen (secondary N) is 1. The minimum absolute atomic E-state index is 0.373. The van der Waals surface area contributed by atoms with Crippen LogP contribution in [-0.4, -0.2) is 37.5 Å². The smallest absolute Gasteiger partial charge is 0.0897 e. The Balaban J connectivity index is 1.91. The number of aliphatic hydroxyl groups is 1. The van der Waals surface area contributed by atoms with Crippen molar-refractivity contribution in [2.45, 2.75) is 38.7 Å². The minimum Gasteiger partial charge on any atom is -0.389 e. The number of allylic oxidation sites excluding steroid dienone is 1. The zero-order valence-corrected chi connectivity index (χ0v) is 9.67. The van der Waals surface area contributed by atoms with Crippen LogP contribution in [0.25, 0.3) is 0 Å². The molecule has 2 N–H and O–H groups in total. The summed E-state index contributed by atoms with van der Waals surface area (Å²) < 4.78 is 5.12. The number of hydrogen-bond donors (Lipinski definition) is 2. The van der Waals surface area contributed by atoms with E-state index < -0.39 is 0 Å². The van der Waals surface area contributed by atoms with Crippen molar-refractivity contribution in [2.24, 2.45) is 0 Å². The third-order valence-electron chi connectivity index (χ3n) is 2.65. The summed E-state index contributed by atoms with van der Waals surface area (Å²) in [7, 11) is 0. The maximum atomic E-state index is 9.47. The first kappa shape index (κ1) is 12.7. The summed E-state index contributed by atoms with van der Waals surface area (Å²) in [5.74, 6) is 0. The normalized spacial score (nSPS) is 17.9. The molecule has 1 aliphatic carbocycles. The van der Waals surface area contributed by atoms with Crippen molar-refractivity contribution in [1.82, 2.24) is 5.32 Å². The lowest BCUT2D eigenvalue weighted by Crippen LogP contribution is -2.31. The Labute approximate surface area is 92.5 Å². The molecule has 0 aliphatic heterocycles. The standard InChI is InChI=1S/C12H23NO2/c1-2-15-10-12(14)9-13-8-7-11-5-3-4-6-11/h5,12-14H,2-4,6-10H2,1H3. The van der Waals surface area contributed by atoms with Crippen LogP contribution >= 0.6 is 0 Å². The highest BCUT2D eigenvalue weighted by molar-refractivity contribution is 5.07. The second-order valence-corrected chi connectivity index (χ2v) is 4.02. The van der Waals surface area contributed by atoms with E-state index in [2.05, 4.69) is 11.4 Å². The van der Waals surface area contributed by atoms with Crippen molar-refractivity contribution in [3.63, 3.8) is 0 Å². The first-order valence-corrected chi connectivity index (χ1v) is 5.97. The Hall–Kier alpha value is -0.380. The van der Waals surface area contributed by atoms with E-state index in [0.29, 0.717) is 19.8 Å². The van der Waals surface area contributed by atoms with E-state index in [9.17, 15) is 5.11 Å². The van der Waals surface area contributed by atoms with Gasteiger partial charge < -0.3 is 15.2 Å². The quantitative estimate of drug-likeness (QED) is 0.474. The number of rotatable bonds is 8. The van der Waals surface area contributed by atoms with Gasteiger partial charge in [0.15, 0.2) is 0 Å². The molecule has 0 amide bonds. The largest absolute Gasteiger partial charge is 0.389 e. The van der Waals surface area contributed by atoms with Crippen LogP contribution in [0.3, 0.4) is 0 Å². The minimum atomic E-state index is -0.373. The van der Waals surface area contributed by atoms with Crippen molar-refractivity contribution >= 4 is 0 Å². The third-order valence-corrected chi connectivity index (χ3v) is 2.65. The molecule has 0 aromatic carbocycles. The second kappa shape index (κ2) is 7.85. The van der Waals surface area contributed by atoms with Crippen LogP contribution in [0.1, 0.15) is 32.6 Å². The van der Waals surface area contributed by atoms with Gasteiger partial charge in [0, 0.05) is 13.2 Å². The Morgan fingerprint density at radius 1 is 1.60 bits per heavy atom. The third kappa shape index (κ3) is 5.92. The molecule has 0 fully saturated rings. The van der Waals surface area contributed by atoms with Gasteiger partial charge in [0.25, 0.3) is 0 Å². The molecule has 0 radical (unpaired) electrons. The average Bonchev–Trinajstić information content (AvgIpc) is 2.74. The number of ether oxygens (including phenoxy) is 1. The fourth-order valence-electron chi connectivity index (χ4n) is 1.79. The van der Waals surface area contributed by atoms with Crippen LogP contribution < -0.4 is 5.32 Å². The second-order valence-electron chi connectivity index (χ2n) is 4.02. The predicted octanol–water partition coefficient (Wildman–Crippen LogP) is 1.47. The van der Waals surface area contributed by atoms with E-state index in [1.54, 1.807) is 5.57 Å². The van der Waals surface area contributed by atoms with Gasteiger partial charge in [-0.05, 0) is 39.2 Å². The molecule has 0 bridgehead atoms. The Morgan fingerprint density at radius 3 is 3.13 bits per heavy atom. The van der Waals surface area contributed by atoms with E-state index in [0.717, 1.165) is 13.0 Å². The van der Waals surface area contributed by atoms with Gasteiger partial charge in [-0.15, -0.1) is 0 Å². The van der Waals surface area contributed by atoms with Crippen LogP contribution in [0.2, 0.25) is 0 Å². The summed E-state index contributed by atoms with van der Waals surface area (Å²) in [5, 5.41) is 12.7. The molecule has 0 aromatic heterocycles. The van der Waals surface area contributed by atoms with E-state index in [1.165, 1.54) is 19.3 Å². The molecule has 0 saturated heterocycles. The molecule has 1 atom stereocenters. The van der Waals surface area contributed by atoms with Gasteiger partial charge in [0.05, 0.1) is 12.7 Å². The van der Waals surface area contributed by atoms with E-state index in [1.807, 2.05) is 6.92 Å². The Kier molecular flexibility index (Phi) is 6.64. The highest BCUT2D eigenvalue weighted by Crippen LogP contribution is 2.19. The number of hydrogen-bond acceptors (Lipinski definition) is 3. The molecule has 1 aliphatic rings. The molecule has 0 aromatic rings. The predicted molar refractivity (Wildman–Crippen MR) is 61.9 cm³/mol. The Morgan fingerprint density at radius 2 is 2.47 bits per heavy atom. The van der Waals surface area contributed by atoms with Gasteiger partial charge in [0.1, 0.15) is 0 Å². The molecule has 0 saturated carbocycles. The number of aliphatic hydroxyl groups excluding tert-OH is 1. The molecule has 0 heterocycles. The maximum Gasteiger partial charge on any atom is 0.0897 e. The van der Waals surface area contributed by atoms with Crippen molar-refractivity contribution in [3.05, 3.63) is 11.6 Å². The molecule has 88 valence electrons. The topological polar surface area (TPSA) is 41.5 Å². The van der Waals surface area contributed by atoms with Crippen LogP contribution in [0, 0.1) is 0 Å². The summed E-state index contributed by atoms with van der Waals surface area (Å²) in [6.07, 6.45) is 6.94. The average molecular weight is 213 g/mol. The maximum absolute atomic E-state index is 9.47. The van der Waals surface area contributed by atoms with Crippen molar-refractivity contribution in [2.75, 3.05) is 26.3 Å². The van der Waals surface area contributed by atoms with Gasteiger partial charge >= 0.3 is 0 Å². The summed E-state index contributed by atoms with van der Waals surface area (Å²) in [5.41, 5.74) is 1.57. The van der Waals surface area contributed by atoms with Crippen molar-refractivity contribution < 1.29 is 9.84 Å². The zero-order chi connectivity index (χ0) is 10.9. The van der Waals surface area contributed by atoms with Crippen molar-refractivity contribution in [1.29, 1.82) is 0 Å². The van der Waals surface area contributed by atoms with Gasteiger partial charge in [-0.3, -0.25) is 0 Å². The van der Waals surface area contributed by atoms with Crippen LogP contribution in [0.4, 0.5) is 0 Å². The lowest BCUT2D eigenvalue weighted by atomic mass is 10.2. The summed E-state index contributed by atoms with van der Waals surface area (Å²) in [6.45, 7) is 4.64. The van der Waals surface area contributed by atoms with E-state index >= 15 is 0 Å². The summed E-state index contributed by atoms with van der Waals surface area (Å²) >= 11 is 0. The first-order chi connectivity index (χ1) is 7.33. The molecule has 1 unspecified atom stereocenters. The molecule has 0 spiro atoms. The van der Waals surface area contributed by atoms with E-state index in [-0.39, 0.29) is 6.10 Å². The van der Waals surface area contributed by atoms with Gasteiger partial charge in [-0.25, -0.2) is 0 Å². The SMILES string of the molecule is CCOCC(O)CNCCC1=CCCC1.